The van der Waals surface area contributed by atoms with Crippen LogP contribution in [0.5, 0.6) is 0 Å². The van der Waals surface area contributed by atoms with E-state index >= 15 is 0 Å². The lowest BCUT2D eigenvalue weighted by Gasteiger charge is -2.21. The van der Waals surface area contributed by atoms with E-state index in [-0.39, 0.29) is 24.0 Å². The molecule has 0 aliphatic carbocycles. The second-order valence-corrected chi connectivity index (χ2v) is 4.64. The SMILES string of the molecule is C#CCNC(=NC)N(C)Cc1cc(Br)cn1C.I. The van der Waals surface area contributed by atoms with Crippen molar-refractivity contribution in [2.24, 2.45) is 12.0 Å². The Bertz CT molecular complexity index is 447. The third-order valence-corrected chi connectivity index (χ3v) is 2.83. The van der Waals surface area contributed by atoms with E-state index in [0.29, 0.717) is 6.54 Å². The Morgan fingerprint density at radius 2 is 2.33 bits per heavy atom. The zero-order valence-electron chi connectivity index (χ0n) is 10.8. The van der Waals surface area contributed by atoms with Crippen LogP contribution in [0.15, 0.2) is 21.7 Å². The standard InChI is InChI=1S/C12H17BrN4.HI/c1-5-6-15-12(14-2)17(4)9-11-7-10(13)8-16(11)3;/h1,7-8H,6,9H2,2-4H3,(H,14,15);1H. The number of aliphatic imine (C=N–C) groups is 1. The van der Waals surface area contributed by atoms with Crippen molar-refractivity contribution in [3.8, 4) is 12.3 Å². The molecular formula is C12H18BrIN4. The fourth-order valence-electron chi connectivity index (χ4n) is 1.56. The average Bonchev–Trinajstić information content (AvgIpc) is 2.58. The third kappa shape index (κ3) is 4.90. The van der Waals surface area contributed by atoms with Gasteiger partial charge in [-0.15, -0.1) is 30.4 Å². The summed E-state index contributed by atoms with van der Waals surface area (Å²) in [5.41, 5.74) is 1.20. The Kier molecular flexibility index (Phi) is 8.11. The Labute approximate surface area is 134 Å². The van der Waals surface area contributed by atoms with Crippen molar-refractivity contribution < 1.29 is 0 Å². The number of nitrogens with one attached hydrogen (secondary N) is 1. The molecule has 0 fully saturated rings. The van der Waals surface area contributed by atoms with Crippen LogP contribution >= 0.6 is 39.9 Å². The summed E-state index contributed by atoms with van der Waals surface area (Å²) in [4.78, 5) is 6.20. The number of guanidine groups is 1. The molecule has 0 saturated heterocycles. The molecule has 0 amide bonds. The maximum atomic E-state index is 5.22. The van der Waals surface area contributed by atoms with Gasteiger partial charge in [0.2, 0.25) is 0 Å². The van der Waals surface area contributed by atoms with E-state index in [9.17, 15) is 0 Å². The lowest BCUT2D eigenvalue weighted by atomic mass is 10.4. The number of terminal acetylenes is 1. The Balaban J connectivity index is 0.00000289. The van der Waals surface area contributed by atoms with Gasteiger partial charge in [-0.05, 0) is 22.0 Å². The first-order valence-corrected chi connectivity index (χ1v) is 6.03. The molecule has 0 radical (unpaired) electrons. The van der Waals surface area contributed by atoms with Crippen molar-refractivity contribution in [1.29, 1.82) is 0 Å². The molecule has 6 heteroatoms. The van der Waals surface area contributed by atoms with Crippen LogP contribution in [0.1, 0.15) is 5.69 Å². The largest absolute Gasteiger partial charge is 0.352 e. The van der Waals surface area contributed by atoms with Gasteiger partial charge in [0.1, 0.15) is 0 Å². The van der Waals surface area contributed by atoms with Gasteiger partial charge in [0, 0.05) is 37.5 Å². The summed E-state index contributed by atoms with van der Waals surface area (Å²) in [5.74, 6) is 3.33. The molecule has 0 atom stereocenters. The van der Waals surface area contributed by atoms with Gasteiger partial charge in [-0.2, -0.15) is 0 Å². The van der Waals surface area contributed by atoms with Gasteiger partial charge in [-0.25, -0.2) is 0 Å². The van der Waals surface area contributed by atoms with Crippen molar-refractivity contribution in [2.45, 2.75) is 6.54 Å². The van der Waals surface area contributed by atoms with Crippen LogP contribution < -0.4 is 5.32 Å². The van der Waals surface area contributed by atoms with E-state index < -0.39 is 0 Å². The monoisotopic (exact) mass is 424 g/mol. The molecule has 1 aromatic heterocycles. The molecule has 1 heterocycles. The summed E-state index contributed by atoms with van der Waals surface area (Å²) in [6, 6.07) is 2.09. The van der Waals surface area contributed by atoms with Gasteiger partial charge < -0.3 is 14.8 Å². The highest BCUT2D eigenvalue weighted by atomic mass is 127. The van der Waals surface area contributed by atoms with Crippen LogP contribution in [0.3, 0.4) is 0 Å². The lowest BCUT2D eigenvalue weighted by Crippen LogP contribution is -2.38. The van der Waals surface area contributed by atoms with Gasteiger partial charge in [-0.3, -0.25) is 4.99 Å². The molecule has 0 unspecified atom stereocenters. The molecule has 4 nitrogen and oxygen atoms in total. The summed E-state index contributed by atoms with van der Waals surface area (Å²) < 4.78 is 3.16. The summed E-state index contributed by atoms with van der Waals surface area (Å²) in [6.45, 7) is 1.25. The summed E-state index contributed by atoms with van der Waals surface area (Å²) in [7, 11) is 5.74. The van der Waals surface area contributed by atoms with Crippen LogP contribution in [0.25, 0.3) is 0 Å². The number of hydrogen-bond acceptors (Lipinski definition) is 1. The summed E-state index contributed by atoms with van der Waals surface area (Å²) >= 11 is 3.46. The molecule has 1 N–H and O–H groups in total. The van der Waals surface area contributed by atoms with Crippen molar-refractivity contribution in [3.05, 3.63) is 22.4 Å². The van der Waals surface area contributed by atoms with Gasteiger partial charge in [0.05, 0.1) is 13.1 Å². The van der Waals surface area contributed by atoms with Gasteiger partial charge in [0.25, 0.3) is 0 Å². The molecule has 0 aliphatic rings. The normalized spacial score (nSPS) is 10.5. The smallest absolute Gasteiger partial charge is 0.194 e. The minimum atomic E-state index is 0. The molecule has 0 aliphatic heterocycles. The van der Waals surface area contributed by atoms with Crippen molar-refractivity contribution in [1.82, 2.24) is 14.8 Å². The Morgan fingerprint density at radius 3 is 2.78 bits per heavy atom. The molecule has 1 aromatic rings. The topological polar surface area (TPSA) is 32.6 Å². The second kappa shape index (κ2) is 8.43. The molecule has 0 saturated carbocycles. The fourth-order valence-corrected chi connectivity index (χ4v) is 2.13. The Hall–Kier alpha value is -0.680. The van der Waals surface area contributed by atoms with E-state index in [2.05, 4.69) is 42.8 Å². The molecule has 18 heavy (non-hydrogen) atoms. The molecule has 0 aromatic carbocycles. The zero-order chi connectivity index (χ0) is 12.8. The van der Waals surface area contributed by atoms with Gasteiger partial charge in [-0.1, -0.05) is 5.92 Å². The molecule has 1 rings (SSSR count). The maximum Gasteiger partial charge on any atom is 0.194 e. The first kappa shape index (κ1) is 17.3. The number of hydrogen-bond donors (Lipinski definition) is 1. The molecular weight excluding hydrogens is 407 g/mol. The van der Waals surface area contributed by atoms with Crippen LogP contribution in [-0.2, 0) is 13.6 Å². The second-order valence-electron chi connectivity index (χ2n) is 3.72. The van der Waals surface area contributed by atoms with Crippen LogP contribution in [0, 0.1) is 12.3 Å². The summed E-state index contributed by atoms with van der Waals surface area (Å²) in [5, 5.41) is 3.08. The zero-order valence-corrected chi connectivity index (χ0v) is 14.7. The third-order valence-electron chi connectivity index (χ3n) is 2.40. The highest BCUT2D eigenvalue weighted by Crippen LogP contribution is 2.14. The predicted molar refractivity (Wildman–Crippen MR) is 90.2 cm³/mol. The minimum Gasteiger partial charge on any atom is -0.352 e. The van der Waals surface area contributed by atoms with E-state index in [0.717, 1.165) is 17.0 Å². The van der Waals surface area contributed by atoms with Crippen LogP contribution in [0.2, 0.25) is 0 Å². The Morgan fingerprint density at radius 1 is 1.67 bits per heavy atom. The predicted octanol–water partition coefficient (Wildman–Crippen LogP) is 2.05. The van der Waals surface area contributed by atoms with E-state index in [1.54, 1.807) is 7.05 Å². The lowest BCUT2D eigenvalue weighted by molar-refractivity contribution is 0.465. The highest BCUT2D eigenvalue weighted by molar-refractivity contribution is 14.0. The highest BCUT2D eigenvalue weighted by Gasteiger charge is 2.08. The molecule has 100 valence electrons. The number of halogens is 2. The van der Waals surface area contributed by atoms with Crippen LogP contribution in [0.4, 0.5) is 0 Å². The number of nitrogens with zero attached hydrogens (tertiary/aromatic N) is 3. The average molecular weight is 425 g/mol. The van der Waals surface area contributed by atoms with Gasteiger partial charge >= 0.3 is 0 Å². The molecule has 0 spiro atoms. The van der Waals surface area contributed by atoms with Crippen molar-refractivity contribution in [3.63, 3.8) is 0 Å². The first-order chi connectivity index (χ1) is 8.08. The fraction of sp³-hybridized carbons (Fsp3) is 0.417. The van der Waals surface area contributed by atoms with E-state index in [1.165, 1.54) is 5.69 Å². The van der Waals surface area contributed by atoms with E-state index in [4.69, 9.17) is 6.42 Å². The number of rotatable bonds is 3. The number of aryl methyl sites for hydroxylation is 1. The first-order valence-electron chi connectivity index (χ1n) is 5.24. The van der Waals surface area contributed by atoms with Crippen molar-refractivity contribution in [2.75, 3.05) is 20.6 Å². The van der Waals surface area contributed by atoms with Crippen LogP contribution in [-0.4, -0.2) is 36.1 Å². The number of aromatic nitrogens is 1. The van der Waals surface area contributed by atoms with E-state index in [1.807, 2.05) is 25.2 Å². The maximum absolute atomic E-state index is 5.22. The quantitative estimate of drug-likeness (QED) is 0.348. The molecule has 0 bridgehead atoms. The minimum absolute atomic E-state index is 0. The van der Waals surface area contributed by atoms with Crippen molar-refractivity contribution >= 4 is 45.9 Å². The van der Waals surface area contributed by atoms with Gasteiger partial charge in [0.15, 0.2) is 5.96 Å². The summed E-state index contributed by atoms with van der Waals surface area (Å²) in [6.07, 6.45) is 7.24.